The van der Waals surface area contributed by atoms with Crippen LogP contribution in [0.4, 0.5) is 0 Å². The second-order valence-electron chi connectivity index (χ2n) is 2.90. The average molecular weight is 175 g/mol. The van der Waals surface area contributed by atoms with E-state index in [9.17, 15) is 0 Å². The first-order chi connectivity index (χ1) is 6.43. The van der Waals surface area contributed by atoms with Crippen molar-refractivity contribution in [2.75, 3.05) is 6.54 Å². The minimum atomic E-state index is 0.614. The highest BCUT2D eigenvalue weighted by Gasteiger charge is 1.90. The number of unbranched alkanes of at least 4 members (excludes halogenated alkanes) is 1. The number of nitrogens with zero attached hydrogens (tertiary/aromatic N) is 3. The average Bonchev–Trinajstić information content (AvgIpc) is 2.19. The highest BCUT2D eigenvalue weighted by Crippen LogP contribution is 2.04. The second-order valence-corrected chi connectivity index (χ2v) is 2.90. The van der Waals surface area contributed by atoms with Crippen LogP contribution in [0.15, 0.2) is 35.4 Å². The van der Waals surface area contributed by atoms with Gasteiger partial charge in [-0.3, -0.25) is 0 Å². The van der Waals surface area contributed by atoms with Gasteiger partial charge in [0, 0.05) is 11.5 Å². The fourth-order valence-corrected chi connectivity index (χ4v) is 1.20. The first-order valence-electron chi connectivity index (χ1n) is 4.48. The molecule has 13 heavy (non-hydrogen) atoms. The summed E-state index contributed by atoms with van der Waals surface area (Å²) in [6, 6.07) is 10.3. The molecule has 0 aliphatic rings. The molecular weight excluding hydrogens is 162 g/mol. The van der Waals surface area contributed by atoms with Crippen molar-refractivity contribution >= 4 is 0 Å². The van der Waals surface area contributed by atoms with Gasteiger partial charge in [0.25, 0.3) is 0 Å². The van der Waals surface area contributed by atoms with Crippen molar-refractivity contribution in [3.05, 3.63) is 46.3 Å². The van der Waals surface area contributed by atoms with Crippen molar-refractivity contribution in [2.24, 2.45) is 5.11 Å². The number of benzene rings is 1. The van der Waals surface area contributed by atoms with Crippen LogP contribution in [-0.4, -0.2) is 6.54 Å². The molecule has 0 radical (unpaired) electrons. The first kappa shape index (κ1) is 9.62. The molecule has 0 aliphatic heterocycles. The minimum Gasteiger partial charge on any atom is -0.0940 e. The van der Waals surface area contributed by atoms with Crippen molar-refractivity contribution in [3.8, 4) is 0 Å². The van der Waals surface area contributed by atoms with E-state index in [1.165, 1.54) is 5.56 Å². The molecule has 1 aromatic rings. The number of rotatable bonds is 5. The Hall–Kier alpha value is -1.47. The molecule has 68 valence electrons. The lowest BCUT2D eigenvalue weighted by molar-refractivity contribution is 0.742. The Labute approximate surface area is 78.0 Å². The maximum atomic E-state index is 8.04. The molecule has 0 heterocycles. The van der Waals surface area contributed by atoms with E-state index < -0.39 is 0 Å². The number of aryl methyl sites for hydroxylation is 1. The van der Waals surface area contributed by atoms with Crippen LogP contribution in [-0.2, 0) is 6.42 Å². The lowest BCUT2D eigenvalue weighted by Gasteiger charge is -1.98. The van der Waals surface area contributed by atoms with Crippen LogP contribution in [0.25, 0.3) is 10.4 Å². The van der Waals surface area contributed by atoms with E-state index in [1.54, 1.807) is 0 Å². The van der Waals surface area contributed by atoms with Crippen molar-refractivity contribution in [2.45, 2.75) is 19.3 Å². The molecule has 3 heteroatoms. The lowest BCUT2D eigenvalue weighted by atomic mass is 10.1. The van der Waals surface area contributed by atoms with Gasteiger partial charge in [-0.2, -0.15) is 0 Å². The summed E-state index contributed by atoms with van der Waals surface area (Å²) in [5, 5.41) is 3.48. The second kappa shape index (κ2) is 6.09. The van der Waals surface area contributed by atoms with Crippen molar-refractivity contribution in [1.29, 1.82) is 0 Å². The van der Waals surface area contributed by atoms with Gasteiger partial charge in [-0.25, -0.2) is 0 Å². The SMILES string of the molecule is [N-]=[N+]=NCCCCc1ccccc1. The van der Waals surface area contributed by atoms with Gasteiger partial charge in [0.05, 0.1) is 0 Å². The first-order valence-corrected chi connectivity index (χ1v) is 4.48. The van der Waals surface area contributed by atoms with Crippen LogP contribution < -0.4 is 0 Å². The van der Waals surface area contributed by atoms with E-state index in [4.69, 9.17) is 5.53 Å². The minimum absolute atomic E-state index is 0.614. The van der Waals surface area contributed by atoms with E-state index in [0.717, 1.165) is 19.3 Å². The molecule has 0 unspecified atom stereocenters. The fraction of sp³-hybridized carbons (Fsp3) is 0.400. The number of hydrogen-bond donors (Lipinski definition) is 0. The molecule has 0 N–H and O–H groups in total. The van der Waals surface area contributed by atoms with Crippen LogP contribution in [0.2, 0.25) is 0 Å². The Bertz CT molecular complexity index is 275. The normalized spacial score (nSPS) is 9.23. The molecule has 0 bridgehead atoms. The van der Waals surface area contributed by atoms with Gasteiger partial charge in [-0.15, -0.1) is 0 Å². The van der Waals surface area contributed by atoms with Crippen LogP contribution in [0, 0.1) is 0 Å². The predicted octanol–water partition coefficient (Wildman–Crippen LogP) is 3.32. The number of azide groups is 1. The zero-order valence-electron chi connectivity index (χ0n) is 7.56. The summed E-state index contributed by atoms with van der Waals surface area (Å²) in [6.45, 7) is 0.614. The quantitative estimate of drug-likeness (QED) is 0.285. The highest BCUT2D eigenvalue weighted by molar-refractivity contribution is 5.14. The fourth-order valence-electron chi connectivity index (χ4n) is 1.20. The van der Waals surface area contributed by atoms with Gasteiger partial charge in [0.15, 0.2) is 0 Å². The molecule has 0 atom stereocenters. The van der Waals surface area contributed by atoms with Crippen molar-refractivity contribution in [1.82, 2.24) is 0 Å². The van der Waals surface area contributed by atoms with Crippen LogP contribution in [0.1, 0.15) is 18.4 Å². The summed E-state index contributed by atoms with van der Waals surface area (Å²) >= 11 is 0. The van der Waals surface area contributed by atoms with Gasteiger partial charge in [-0.1, -0.05) is 35.4 Å². The van der Waals surface area contributed by atoms with E-state index in [1.807, 2.05) is 18.2 Å². The molecule has 1 aromatic carbocycles. The van der Waals surface area contributed by atoms with E-state index in [0.29, 0.717) is 6.54 Å². The van der Waals surface area contributed by atoms with Crippen molar-refractivity contribution < 1.29 is 0 Å². The smallest absolute Gasteiger partial charge is 0.0258 e. The maximum Gasteiger partial charge on any atom is 0.0258 e. The Morgan fingerprint density at radius 2 is 1.92 bits per heavy atom. The van der Waals surface area contributed by atoms with Crippen molar-refractivity contribution in [3.63, 3.8) is 0 Å². The van der Waals surface area contributed by atoms with Crippen LogP contribution in [0.3, 0.4) is 0 Å². The van der Waals surface area contributed by atoms with Gasteiger partial charge in [0.2, 0.25) is 0 Å². The molecular formula is C10H13N3. The molecule has 0 spiro atoms. The Balaban J connectivity index is 2.17. The summed E-state index contributed by atoms with van der Waals surface area (Å²) < 4.78 is 0. The van der Waals surface area contributed by atoms with Gasteiger partial charge in [-0.05, 0) is 30.4 Å². The summed E-state index contributed by atoms with van der Waals surface area (Å²) in [5.74, 6) is 0. The molecule has 1 rings (SSSR count). The van der Waals surface area contributed by atoms with E-state index in [-0.39, 0.29) is 0 Å². The molecule has 0 aliphatic carbocycles. The molecule has 0 amide bonds. The molecule has 0 saturated heterocycles. The zero-order valence-corrected chi connectivity index (χ0v) is 7.56. The highest BCUT2D eigenvalue weighted by atomic mass is 15.1. The van der Waals surface area contributed by atoms with Crippen LogP contribution in [0.5, 0.6) is 0 Å². The van der Waals surface area contributed by atoms with Gasteiger partial charge < -0.3 is 0 Å². The lowest BCUT2D eigenvalue weighted by Crippen LogP contribution is -1.86. The zero-order chi connectivity index (χ0) is 9.36. The maximum absolute atomic E-state index is 8.04. The summed E-state index contributed by atoms with van der Waals surface area (Å²) in [5.41, 5.74) is 9.39. The van der Waals surface area contributed by atoms with Crippen LogP contribution >= 0.6 is 0 Å². The predicted molar refractivity (Wildman–Crippen MR) is 53.4 cm³/mol. The largest absolute Gasteiger partial charge is 0.0940 e. The summed E-state index contributed by atoms with van der Waals surface area (Å²) in [4.78, 5) is 2.71. The summed E-state index contributed by atoms with van der Waals surface area (Å²) in [7, 11) is 0. The standard InChI is InChI=1S/C10H13N3/c11-13-12-9-5-4-8-10-6-2-1-3-7-10/h1-3,6-7H,4-5,8-9H2. The number of hydrogen-bond acceptors (Lipinski definition) is 1. The molecule has 0 aromatic heterocycles. The van der Waals surface area contributed by atoms with Gasteiger partial charge >= 0.3 is 0 Å². The Kier molecular flexibility index (Phi) is 4.51. The third kappa shape index (κ3) is 4.19. The monoisotopic (exact) mass is 175 g/mol. The van der Waals surface area contributed by atoms with Gasteiger partial charge in [0.1, 0.15) is 0 Å². The third-order valence-corrected chi connectivity index (χ3v) is 1.88. The molecule has 0 fully saturated rings. The Morgan fingerprint density at radius 1 is 1.15 bits per heavy atom. The molecule has 3 nitrogen and oxygen atoms in total. The summed E-state index contributed by atoms with van der Waals surface area (Å²) in [6.07, 6.45) is 3.13. The van der Waals surface area contributed by atoms with E-state index >= 15 is 0 Å². The Morgan fingerprint density at radius 3 is 2.62 bits per heavy atom. The topological polar surface area (TPSA) is 48.8 Å². The van der Waals surface area contributed by atoms with E-state index in [2.05, 4.69) is 22.2 Å². The third-order valence-electron chi connectivity index (χ3n) is 1.88. The molecule has 0 saturated carbocycles.